The van der Waals surface area contributed by atoms with E-state index in [2.05, 4.69) is 10.3 Å². The van der Waals surface area contributed by atoms with Crippen LogP contribution in [-0.4, -0.2) is 77.7 Å². The topological polar surface area (TPSA) is 112 Å². The van der Waals surface area contributed by atoms with Gasteiger partial charge in [0.05, 0.1) is 6.54 Å². The van der Waals surface area contributed by atoms with E-state index in [9.17, 15) is 23.6 Å². The molecule has 0 spiro atoms. The van der Waals surface area contributed by atoms with Gasteiger partial charge in [0.1, 0.15) is 11.5 Å². The summed E-state index contributed by atoms with van der Waals surface area (Å²) in [5, 5.41) is 2.64. The molecule has 1 aliphatic heterocycles. The number of H-pyrrole nitrogens is 1. The zero-order chi connectivity index (χ0) is 22.4. The van der Waals surface area contributed by atoms with Crippen molar-refractivity contribution < 1.29 is 28.3 Å². The van der Waals surface area contributed by atoms with Crippen molar-refractivity contribution in [2.45, 2.75) is 6.92 Å². The third-order valence-electron chi connectivity index (χ3n) is 4.84. The molecule has 0 unspecified atom stereocenters. The van der Waals surface area contributed by atoms with Gasteiger partial charge in [0.15, 0.2) is 12.4 Å². The molecule has 2 aromatic rings. The summed E-state index contributed by atoms with van der Waals surface area (Å²) in [6.07, 6.45) is 1.41. The van der Waals surface area contributed by atoms with Crippen molar-refractivity contribution in [2.24, 2.45) is 0 Å². The Balaban J connectivity index is 1.39. The van der Waals surface area contributed by atoms with E-state index in [1.807, 2.05) is 4.90 Å². The Morgan fingerprint density at radius 2 is 1.87 bits per heavy atom. The quantitative estimate of drug-likeness (QED) is 0.506. The lowest BCUT2D eigenvalue weighted by molar-refractivity contribution is -0.136. The first kappa shape index (κ1) is 22.2. The van der Waals surface area contributed by atoms with E-state index in [1.165, 1.54) is 37.4 Å². The number of ether oxygens (including phenoxy) is 1. The summed E-state index contributed by atoms with van der Waals surface area (Å²) < 4.78 is 18.2. The molecule has 0 radical (unpaired) electrons. The molecule has 1 aromatic heterocycles. The number of ketones is 1. The lowest BCUT2D eigenvalue weighted by Gasteiger charge is -2.34. The van der Waals surface area contributed by atoms with Crippen LogP contribution in [0.4, 0.5) is 10.1 Å². The number of benzene rings is 1. The molecule has 1 fully saturated rings. The number of nitrogens with zero attached hydrogens (tertiary/aromatic N) is 2. The van der Waals surface area contributed by atoms with Gasteiger partial charge in [-0.15, -0.1) is 0 Å². The predicted molar refractivity (Wildman–Crippen MR) is 109 cm³/mol. The van der Waals surface area contributed by atoms with E-state index >= 15 is 0 Å². The summed E-state index contributed by atoms with van der Waals surface area (Å²) in [4.78, 5) is 53.8. The number of carbonyl (C=O) groups excluding carboxylic acids is 4. The molecular weight excluding hydrogens is 407 g/mol. The molecule has 0 atom stereocenters. The highest BCUT2D eigenvalue weighted by atomic mass is 19.1. The van der Waals surface area contributed by atoms with Crippen LogP contribution in [0.3, 0.4) is 0 Å². The molecule has 1 aromatic carbocycles. The van der Waals surface area contributed by atoms with Gasteiger partial charge in [-0.05, 0) is 31.2 Å². The van der Waals surface area contributed by atoms with Crippen LogP contribution in [0.25, 0.3) is 0 Å². The second-order valence-electron chi connectivity index (χ2n) is 7.15. The Morgan fingerprint density at radius 3 is 2.52 bits per heavy atom. The number of carbonyl (C=O) groups is 4. The molecule has 3 rings (SSSR count). The Kier molecular flexibility index (Phi) is 7.14. The minimum absolute atomic E-state index is 0.104. The summed E-state index contributed by atoms with van der Waals surface area (Å²) >= 11 is 0. The minimum Gasteiger partial charge on any atom is -0.451 e. The van der Waals surface area contributed by atoms with Gasteiger partial charge in [-0.2, -0.15) is 0 Å². The van der Waals surface area contributed by atoms with Gasteiger partial charge in [0.25, 0.3) is 5.91 Å². The molecule has 10 heteroatoms. The van der Waals surface area contributed by atoms with Crippen molar-refractivity contribution in [1.82, 2.24) is 14.8 Å². The van der Waals surface area contributed by atoms with Crippen LogP contribution >= 0.6 is 0 Å². The number of hydrogen-bond donors (Lipinski definition) is 2. The van der Waals surface area contributed by atoms with Crippen molar-refractivity contribution >= 4 is 29.3 Å². The van der Waals surface area contributed by atoms with Crippen molar-refractivity contribution in [2.75, 3.05) is 44.6 Å². The van der Waals surface area contributed by atoms with E-state index in [0.29, 0.717) is 37.4 Å². The molecule has 31 heavy (non-hydrogen) atoms. The fourth-order valence-electron chi connectivity index (χ4n) is 3.14. The minimum atomic E-state index is -0.714. The molecule has 1 aliphatic rings. The molecule has 0 bridgehead atoms. The molecular formula is C21H23FN4O5. The number of aromatic nitrogens is 1. The summed E-state index contributed by atoms with van der Waals surface area (Å²) in [5.41, 5.74) is 0.848. The van der Waals surface area contributed by atoms with Crippen LogP contribution < -0.4 is 5.32 Å². The molecule has 164 valence electrons. The van der Waals surface area contributed by atoms with Crippen LogP contribution in [-0.2, 0) is 14.3 Å². The Labute approximate surface area is 178 Å². The number of piperazine rings is 1. The maximum atomic E-state index is 13.2. The fraction of sp³-hybridized carbons (Fsp3) is 0.333. The molecule has 0 saturated carbocycles. The second-order valence-corrected chi connectivity index (χ2v) is 7.15. The first-order chi connectivity index (χ1) is 14.8. The number of halogens is 1. The first-order valence-corrected chi connectivity index (χ1v) is 9.74. The van der Waals surface area contributed by atoms with E-state index in [0.717, 1.165) is 0 Å². The maximum absolute atomic E-state index is 13.2. The highest BCUT2D eigenvalue weighted by Crippen LogP contribution is 2.10. The van der Waals surface area contributed by atoms with Gasteiger partial charge in [0, 0.05) is 43.6 Å². The molecule has 2 amide bonds. The highest BCUT2D eigenvalue weighted by Gasteiger charge is 2.24. The van der Waals surface area contributed by atoms with E-state index in [1.54, 1.807) is 11.0 Å². The SMILES string of the molecule is CC(=O)c1c[nH]c(C(=O)OCC(=O)N2CCN(CC(=O)Nc3cccc(F)c3)CC2)c1. The predicted octanol–water partition coefficient (Wildman–Crippen LogP) is 1.30. The summed E-state index contributed by atoms with van der Waals surface area (Å²) in [7, 11) is 0. The van der Waals surface area contributed by atoms with Crippen LogP contribution in [0.1, 0.15) is 27.8 Å². The second kappa shape index (κ2) is 9.98. The average molecular weight is 430 g/mol. The van der Waals surface area contributed by atoms with E-state index < -0.39 is 18.4 Å². The molecule has 2 N–H and O–H groups in total. The summed E-state index contributed by atoms with van der Waals surface area (Å²) in [6, 6.07) is 7.03. The van der Waals surface area contributed by atoms with Crippen LogP contribution in [0.5, 0.6) is 0 Å². The highest BCUT2D eigenvalue weighted by molar-refractivity contribution is 5.97. The average Bonchev–Trinajstić information content (AvgIpc) is 3.23. The summed E-state index contributed by atoms with van der Waals surface area (Å²) in [5.74, 6) is -1.94. The van der Waals surface area contributed by atoms with Crippen LogP contribution in [0, 0.1) is 5.82 Å². The number of aromatic amines is 1. The first-order valence-electron chi connectivity index (χ1n) is 9.74. The van der Waals surface area contributed by atoms with Crippen molar-refractivity contribution in [3.8, 4) is 0 Å². The monoisotopic (exact) mass is 430 g/mol. The third kappa shape index (κ3) is 6.22. The zero-order valence-corrected chi connectivity index (χ0v) is 17.0. The van der Waals surface area contributed by atoms with Gasteiger partial charge in [-0.3, -0.25) is 19.3 Å². The molecule has 0 aliphatic carbocycles. The van der Waals surface area contributed by atoms with Crippen molar-refractivity contribution in [1.29, 1.82) is 0 Å². The van der Waals surface area contributed by atoms with Crippen molar-refractivity contribution in [3.05, 3.63) is 53.6 Å². The van der Waals surface area contributed by atoms with Gasteiger partial charge >= 0.3 is 5.97 Å². The zero-order valence-electron chi connectivity index (χ0n) is 17.0. The third-order valence-corrected chi connectivity index (χ3v) is 4.84. The fourth-order valence-corrected chi connectivity index (χ4v) is 3.14. The Morgan fingerprint density at radius 1 is 1.13 bits per heavy atom. The Hall–Kier alpha value is -3.53. The number of nitrogens with one attached hydrogen (secondary N) is 2. The lowest BCUT2D eigenvalue weighted by atomic mass is 10.2. The molecule has 1 saturated heterocycles. The number of esters is 1. The summed E-state index contributed by atoms with van der Waals surface area (Å²) in [6.45, 7) is 2.84. The number of anilines is 1. The number of hydrogen-bond acceptors (Lipinski definition) is 6. The lowest BCUT2D eigenvalue weighted by Crippen LogP contribution is -2.51. The van der Waals surface area contributed by atoms with Gasteiger partial charge in [0.2, 0.25) is 5.91 Å². The van der Waals surface area contributed by atoms with Gasteiger partial charge in [-0.25, -0.2) is 9.18 Å². The number of rotatable bonds is 7. The number of Topliss-reactive ketones (excluding diaryl/α,β-unsaturated/α-hetero) is 1. The normalized spacial score (nSPS) is 14.2. The maximum Gasteiger partial charge on any atom is 0.355 e. The van der Waals surface area contributed by atoms with Crippen molar-refractivity contribution in [3.63, 3.8) is 0 Å². The standard InChI is InChI=1S/C21H23FN4O5/c1-14(27)15-9-18(23-11-15)21(30)31-13-20(29)26-7-5-25(6-8-26)12-19(28)24-17-4-2-3-16(22)10-17/h2-4,9-11,23H,5-8,12-13H2,1H3,(H,24,28). The smallest absolute Gasteiger partial charge is 0.355 e. The van der Waals surface area contributed by atoms with Gasteiger partial charge in [-0.1, -0.05) is 6.07 Å². The van der Waals surface area contributed by atoms with Crippen LogP contribution in [0.2, 0.25) is 0 Å². The van der Waals surface area contributed by atoms with Gasteiger partial charge < -0.3 is 19.9 Å². The largest absolute Gasteiger partial charge is 0.451 e. The molecule has 9 nitrogen and oxygen atoms in total. The van der Waals surface area contributed by atoms with E-state index in [4.69, 9.17) is 4.74 Å². The Bertz CT molecular complexity index is 982. The molecule has 2 heterocycles. The van der Waals surface area contributed by atoms with Crippen LogP contribution in [0.15, 0.2) is 36.5 Å². The number of amides is 2. The van der Waals surface area contributed by atoms with E-state index in [-0.39, 0.29) is 29.8 Å².